The van der Waals surface area contributed by atoms with Crippen molar-refractivity contribution in [1.29, 1.82) is 0 Å². The lowest BCUT2D eigenvalue weighted by molar-refractivity contribution is 0.0731. The molecule has 0 atom stereocenters. The number of phenols is 1. The number of aromatic hydroxyl groups is 1. The van der Waals surface area contributed by atoms with Crippen LogP contribution in [-0.2, 0) is 0 Å². The molecule has 4 heteroatoms. The Hall–Kier alpha value is -3.01. The van der Waals surface area contributed by atoms with Crippen LogP contribution in [0.1, 0.15) is 29.3 Å². The van der Waals surface area contributed by atoms with Crippen LogP contribution in [0.25, 0.3) is 10.8 Å². The summed E-state index contributed by atoms with van der Waals surface area (Å²) in [5.74, 6) is 0.289. The van der Waals surface area contributed by atoms with Crippen molar-refractivity contribution in [3.05, 3.63) is 65.7 Å². The van der Waals surface area contributed by atoms with Gasteiger partial charge in [-0.25, -0.2) is 4.79 Å². The number of fused-ring (bicyclic) bond motifs is 1. The monoisotopic (exact) mass is 336 g/mol. The first-order valence-electron chi connectivity index (χ1n) is 8.27. The van der Waals surface area contributed by atoms with Crippen LogP contribution in [0, 0.1) is 6.92 Å². The Kier molecular flexibility index (Phi) is 4.89. The summed E-state index contributed by atoms with van der Waals surface area (Å²) in [6.07, 6.45) is 0.845. The Labute approximate surface area is 146 Å². The third-order valence-corrected chi connectivity index (χ3v) is 3.94. The highest BCUT2D eigenvalue weighted by Crippen LogP contribution is 2.38. The van der Waals surface area contributed by atoms with E-state index < -0.39 is 5.97 Å². The zero-order valence-corrected chi connectivity index (χ0v) is 14.3. The SMILES string of the molecule is CCCOc1cc(C(=O)Oc2ccccc2)c(O)c2cccc(C)c12. The molecule has 3 aromatic rings. The van der Waals surface area contributed by atoms with Crippen LogP contribution in [-0.4, -0.2) is 17.7 Å². The Bertz CT molecular complexity index is 901. The molecule has 0 heterocycles. The first kappa shape index (κ1) is 16.8. The first-order valence-corrected chi connectivity index (χ1v) is 8.27. The molecule has 3 aromatic carbocycles. The predicted octanol–water partition coefficient (Wildman–Crippen LogP) is 4.86. The minimum atomic E-state index is -0.617. The standard InChI is InChI=1S/C21H20O4/c1-3-12-24-18-13-17(21(23)25-15-9-5-4-6-10-15)20(22)16-11-7-8-14(2)19(16)18/h4-11,13,22H,3,12H2,1-2H3. The molecule has 128 valence electrons. The lowest BCUT2D eigenvalue weighted by Gasteiger charge is -2.15. The molecule has 0 radical (unpaired) electrons. The van der Waals surface area contributed by atoms with Crippen molar-refractivity contribution < 1.29 is 19.4 Å². The molecule has 1 N–H and O–H groups in total. The molecule has 25 heavy (non-hydrogen) atoms. The van der Waals surface area contributed by atoms with Crippen LogP contribution in [0.3, 0.4) is 0 Å². The molecular formula is C21H20O4. The van der Waals surface area contributed by atoms with Crippen molar-refractivity contribution >= 4 is 16.7 Å². The molecule has 0 saturated carbocycles. The third-order valence-electron chi connectivity index (χ3n) is 3.94. The topological polar surface area (TPSA) is 55.8 Å². The van der Waals surface area contributed by atoms with Crippen LogP contribution in [0.2, 0.25) is 0 Å². The summed E-state index contributed by atoms with van der Waals surface area (Å²) in [5.41, 5.74) is 1.06. The highest BCUT2D eigenvalue weighted by Gasteiger charge is 2.20. The number of hydrogen-bond donors (Lipinski definition) is 1. The molecule has 0 bridgehead atoms. The minimum Gasteiger partial charge on any atom is -0.506 e. The molecule has 0 amide bonds. The summed E-state index contributed by atoms with van der Waals surface area (Å²) in [6.45, 7) is 4.49. The molecule has 0 aliphatic carbocycles. The van der Waals surface area contributed by atoms with E-state index in [4.69, 9.17) is 9.47 Å². The number of carbonyl (C=O) groups is 1. The van der Waals surface area contributed by atoms with Crippen molar-refractivity contribution in [3.8, 4) is 17.2 Å². The molecule has 4 nitrogen and oxygen atoms in total. The number of para-hydroxylation sites is 1. The van der Waals surface area contributed by atoms with Gasteiger partial charge in [0.1, 0.15) is 22.8 Å². The number of aryl methyl sites for hydroxylation is 1. The van der Waals surface area contributed by atoms with Gasteiger partial charge in [-0.05, 0) is 37.1 Å². The molecule has 0 spiro atoms. The lowest BCUT2D eigenvalue weighted by atomic mass is 10.00. The van der Waals surface area contributed by atoms with E-state index in [0.717, 1.165) is 17.4 Å². The minimum absolute atomic E-state index is 0.0908. The Balaban J connectivity index is 2.08. The molecule has 0 aliphatic heterocycles. The van der Waals surface area contributed by atoms with Gasteiger partial charge in [-0.1, -0.05) is 43.3 Å². The Morgan fingerprint density at radius 3 is 2.56 bits per heavy atom. The second-order valence-corrected chi connectivity index (χ2v) is 5.82. The maximum absolute atomic E-state index is 12.6. The highest BCUT2D eigenvalue weighted by molar-refractivity contribution is 6.05. The van der Waals surface area contributed by atoms with Gasteiger partial charge in [0.15, 0.2) is 0 Å². The number of phenolic OH excluding ortho intramolecular Hbond substituents is 1. The van der Waals surface area contributed by atoms with Crippen molar-refractivity contribution in [2.24, 2.45) is 0 Å². The number of rotatable bonds is 5. The molecular weight excluding hydrogens is 316 g/mol. The quantitative estimate of drug-likeness (QED) is 0.534. The number of carbonyl (C=O) groups excluding carboxylic acids is 1. The molecule has 0 fully saturated rings. The van der Waals surface area contributed by atoms with Crippen LogP contribution in [0.15, 0.2) is 54.6 Å². The van der Waals surface area contributed by atoms with Crippen molar-refractivity contribution in [2.75, 3.05) is 6.61 Å². The zero-order valence-electron chi connectivity index (χ0n) is 14.3. The summed E-state index contributed by atoms with van der Waals surface area (Å²) in [4.78, 5) is 12.6. The number of esters is 1. The van der Waals surface area contributed by atoms with Crippen molar-refractivity contribution in [3.63, 3.8) is 0 Å². The Morgan fingerprint density at radius 2 is 1.84 bits per heavy atom. The lowest BCUT2D eigenvalue weighted by Crippen LogP contribution is -2.10. The zero-order chi connectivity index (χ0) is 17.8. The summed E-state index contributed by atoms with van der Waals surface area (Å²) < 4.78 is 11.2. The normalized spacial score (nSPS) is 10.6. The summed E-state index contributed by atoms with van der Waals surface area (Å²) in [7, 11) is 0. The molecule has 0 saturated heterocycles. The van der Waals surface area contributed by atoms with Gasteiger partial charge in [0.05, 0.1) is 6.61 Å². The van der Waals surface area contributed by atoms with E-state index in [1.807, 2.05) is 32.0 Å². The summed E-state index contributed by atoms with van der Waals surface area (Å²) in [6, 6.07) is 15.9. The van der Waals surface area contributed by atoms with Crippen LogP contribution in [0.5, 0.6) is 17.2 Å². The highest BCUT2D eigenvalue weighted by atomic mass is 16.5. The van der Waals surface area contributed by atoms with Gasteiger partial charge in [-0.2, -0.15) is 0 Å². The summed E-state index contributed by atoms with van der Waals surface area (Å²) >= 11 is 0. The van der Waals surface area contributed by atoms with E-state index in [1.54, 1.807) is 36.4 Å². The average molecular weight is 336 g/mol. The number of ether oxygens (including phenoxy) is 2. The maximum Gasteiger partial charge on any atom is 0.347 e. The largest absolute Gasteiger partial charge is 0.506 e. The second-order valence-electron chi connectivity index (χ2n) is 5.82. The average Bonchev–Trinajstić information content (AvgIpc) is 2.62. The van der Waals surface area contributed by atoms with E-state index in [0.29, 0.717) is 23.5 Å². The fourth-order valence-electron chi connectivity index (χ4n) is 2.74. The van der Waals surface area contributed by atoms with Gasteiger partial charge in [-0.3, -0.25) is 0 Å². The third kappa shape index (κ3) is 3.43. The number of hydrogen-bond acceptors (Lipinski definition) is 4. The van der Waals surface area contributed by atoms with E-state index in [2.05, 4.69) is 0 Å². The van der Waals surface area contributed by atoms with Crippen molar-refractivity contribution in [1.82, 2.24) is 0 Å². The maximum atomic E-state index is 12.6. The summed E-state index contributed by atoms with van der Waals surface area (Å²) in [5, 5.41) is 12.0. The van der Waals surface area contributed by atoms with Crippen molar-refractivity contribution in [2.45, 2.75) is 20.3 Å². The van der Waals surface area contributed by atoms with Gasteiger partial charge < -0.3 is 14.6 Å². The molecule has 0 aliphatic rings. The molecule has 0 unspecified atom stereocenters. The predicted molar refractivity (Wildman–Crippen MR) is 97.5 cm³/mol. The van der Waals surface area contributed by atoms with Crippen LogP contribution >= 0.6 is 0 Å². The Morgan fingerprint density at radius 1 is 1.08 bits per heavy atom. The molecule has 3 rings (SSSR count). The van der Waals surface area contributed by atoms with Crippen LogP contribution in [0.4, 0.5) is 0 Å². The van der Waals surface area contributed by atoms with E-state index >= 15 is 0 Å². The van der Waals surface area contributed by atoms with Gasteiger partial charge in [0.25, 0.3) is 0 Å². The number of benzene rings is 3. The van der Waals surface area contributed by atoms with Gasteiger partial charge >= 0.3 is 5.97 Å². The van der Waals surface area contributed by atoms with E-state index in [1.165, 1.54) is 0 Å². The fourth-order valence-corrected chi connectivity index (χ4v) is 2.74. The molecule has 0 aromatic heterocycles. The fraction of sp³-hybridized carbons (Fsp3) is 0.190. The van der Waals surface area contributed by atoms with E-state index in [-0.39, 0.29) is 11.3 Å². The van der Waals surface area contributed by atoms with Gasteiger partial charge in [0.2, 0.25) is 0 Å². The van der Waals surface area contributed by atoms with E-state index in [9.17, 15) is 9.90 Å². The first-order chi connectivity index (χ1) is 12.1. The van der Waals surface area contributed by atoms with Gasteiger partial charge in [0, 0.05) is 10.8 Å². The van der Waals surface area contributed by atoms with Crippen LogP contribution < -0.4 is 9.47 Å². The second kappa shape index (κ2) is 7.26. The smallest absolute Gasteiger partial charge is 0.347 e. The van der Waals surface area contributed by atoms with Gasteiger partial charge in [-0.15, -0.1) is 0 Å².